The van der Waals surface area contributed by atoms with Crippen LogP contribution in [0.5, 0.6) is 5.88 Å². The van der Waals surface area contributed by atoms with E-state index >= 15 is 0 Å². The summed E-state index contributed by atoms with van der Waals surface area (Å²) in [4.78, 5) is 8.38. The summed E-state index contributed by atoms with van der Waals surface area (Å²) in [5.41, 5.74) is 9.06. The van der Waals surface area contributed by atoms with Crippen molar-refractivity contribution in [3.8, 4) is 5.88 Å². The van der Waals surface area contributed by atoms with Crippen molar-refractivity contribution in [2.45, 2.75) is 11.3 Å². The molecule has 4 rings (SSSR count). The topological polar surface area (TPSA) is 118 Å². The third-order valence-corrected chi connectivity index (χ3v) is 5.89. The second-order valence-electron chi connectivity index (χ2n) is 5.62. The van der Waals surface area contributed by atoms with Crippen LogP contribution < -0.4 is 11.1 Å². The average Bonchev–Trinajstić information content (AvgIpc) is 2.85. The molecule has 0 spiro atoms. The summed E-state index contributed by atoms with van der Waals surface area (Å²) in [6, 6.07) is 6.44. The van der Waals surface area contributed by atoms with Gasteiger partial charge in [0.05, 0.1) is 33.7 Å². The first kappa shape index (κ1) is 14.7. The standard InChI is InChI=1S/C16H14N4O3S/c17-11-8-19-12-1-2-13-10(4-6-24(13,22)23)15(12)16(11)20-9-3-5-18-14(21)7-9/h1-3,5,7-8H,4,6,17H2,(H2,18,19,20,21). The van der Waals surface area contributed by atoms with Crippen molar-refractivity contribution >= 4 is 37.8 Å². The van der Waals surface area contributed by atoms with Crippen LogP contribution in [0, 0.1) is 0 Å². The van der Waals surface area contributed by atoms with E-state index in [1.54, 1.807) is 18.2 Å². The number of nitrogens with zero attached hydrogens (tertiary/aromatic N) is 2. The van der Waals surface area contributed by atoms with Gasteiger partial charge in [0.2, 0.25) is 5.88 Å². The Labute approximate surface area is 138 Å². The van der Waals surface area contributed by atoms with E-state index in [0.717, 1.165) is 5.56 Å². The summed E-state index contributed by atoms with van der Waals surface area (Å²) in [6.07, 6.45) is 3.42. The van der Waals surface area contributed by atoms with Crippen LogP contribution in [0.4, 0.5) is 17.1 Å². The number of nitrogens with one attached hydrogen (secondary N) is 1. The monoisotopic (exact) mass is 342 g/mol. The van der Waals surface area contributed by atoms with Gasteiger partial charge in [-0.1, -0.05) is 0 Å². The Kier molecular flexibility index (Phi) is 3.10. The highest BCUT2D eigenvalue weighted by molar-refractivity contribution is 7.91. The van der Waals surface area contributed by atoms with Crippen LogP contribution in [-0.4, -0.2) is 29.2 Å². The van der Waals surface area contributed by atoms with Crippen molar-refractivity contribution < 1.29 is 13.5 Å². The minimum absolute atomic E-state index is 0.0890. The van der Waals surface area contributed by atoms with Crippen LogP contribution in [0.25, 0.3) is 10.9 Å². The summed E-state index contributed by atoms with van der Waals surface area (Å²) in [7, 11) is -3.25. The number of nitrogen functional groups attached to an aromatic ring is 1. The molecule has 1 aliphatic heterocycles. The van der Waals surface area contributed by atoms with Gasteiger partial charge in [-0.2, -0.15) is 0 Å². The fourth-order valence-corrected chi connectivity index (χ4v) is 4.56. The lowest BCUT2D eigenvalue weighted by Crippen LogP contribution is -2.01. The summed E-state index contributed by atoms with van der Waals surface area (Å²) < 4.78 is 24.4. The summed E-state index contributed by atoms with van der Waals surface area (Å²) in [6.45, 7) is 0. The molecular weight excluding hydrogens is 328 g/mol. The van der Waals surface area contributed by atoms with Gasteiger partial charge in [-0.3, -0.25) is 4.98 Å². The number of aromatic hydroxyl groups is 1. The number of rotatable bonds is 2. The normalized spacial score (nSPS) is 15.3. The van der Waals surface area contributed by atoms with Gasteiger partial charge in [-0.05, 0) is 30.2 Å². The Hall–Kier alpha value is -2.87. The van der Waals surface area contributed by atoms with Crippen molar-refractivity contribution in [3.63, 3.8) is 0 Å². The van der Waals surface area contributed by atoms with Gasteiger partial charge in [-0.15, -0.1) is 0 Å². The molecule has 0 aliphatic carbocycles. The highest BCUT2D eigenvalue weighted by atomic mass is 32.2. The Morgan fingerprint density at radius 1 is 1.21 bits per heavy atom. The number of nitrogens with two attached hydrogens (primary N) is 1. The van der Waals surface area contributed by atoms with Crippen molar-refractivity contribution in [1.82, 2.24) is 9.97 Å². The molecule has 122 valence electrons. The Bertz CT molecular complexity index is 1080. The molecule has 24 heavy (non-hydrogen) atoms. The van der Waals surface area contributed by atoms with Gasteiger partial charge >= 0.3 is 0 Å². The van der Waals surface area contributed by atoms with E-state index in [4.69, 9.17) is 5.73 Å². The quantitative estimate of drug-likeness (QED) is 0.651. The second kappa shape index (κ2) is 5.07. The third-order valence-electron chi connectivity index (χ3n) is 4.10. The first-order valence-electron chi connectivity index (χ1n) is 7.30. The zero-order valence-corrected chi connectivity index (χ0v) is 13.3. The van der Waals surface area contributed by atoms with Crippen molar-refractivity contribution in [2.24, 2.45) is 0 Å². The van der Waals surface area contributed by atoms with E-state index in [9.17, 15) is 13.5 Å². The molecule has 0 unspecified atom stereocenters. The number of benzene rings is 1. The van der Waals surface area contributed by atoms with Crippen LogP contribution in [0.1, 0.15) is 5.56 Å². The van der Waals surface area contributed by atoms with E-state index in [-0.39, 0.29) is 11.6 Å². The van der Waals surface area contributed by atoms with Gasteiger partial charge in [-0.25, -0.2) is 13.4 Å². The third kappa shape index (κ3) is 2.23. The van der Waals surface area contributed by atoms with Gasteiger partial charge in [0.25, 0.3) is 0 Å². The van der Waals surface area contributed by atoms with Gasteiger partial charge in [0.1, 0.15) is 0 Å². The number of aromatic nitrogens is 2. The minimum Gasteiger partial charge on any atom is -0.493 e. The maximum Gasteiger partial charge on any atom is 0.212 e. The second-order valence-corrected chi connectivity index (χ2v) is 7.70. The van der Waals surface area contributed by atoms with Crippen molar-refractivity contribution in [1.29, 1.82) is 0 Å². The minimum atomic E-state index is -3.25. The molecule has 3 heterocycles. The number of pyridine rings is 2. The van der Waals surface area contributed by atoms with Crippen LogP contribution in [0.3, 0.4) is 0 Å². The predicted octanol–water partition coefficient (Wildman–Crippen LogP) is 1.99. The van der Waals surface area contributed by atoms with Crippen molar-refractivity contribution in [2.75, 3.05) is 16.8 Å². The Morgan fingerprint density at radius 3 is 2.83 bits per heavy atom. The number of hydrogen-bond acceptors (Lipinski definition) is 7. The van der Waals surface area contributed by atoms with E-state index in [0.29, 0.717) is 39.3 Å². The molecule has 7 nitrogen and oxygen atoms in total. The largest absolute Gasteiger partial charge is 0.493 e. The van der Waals surface area contributed by atoms with Crippen LogP contribution >= 0.6 is 0 Å². The first-order chi connectivity index (χ1) is 11.5. The highest BCUT2D eigenvalue weighted by Crippen LogP contribution is 2.39. The predicted molar refractivity (Wildman–Crippen MR) is 91.1 cm³/mol. The molecule has 0 atom stereocenters. The highest BCUT2D eigenvalue weighted by Gasteiger charge is 2.29. The molecule has 8 heteroatoms. The summed E-state index contributed by atoms with van der Waals surface area (Å²) in [5, 5.41) is 13.4. The van der Waals surface area contributed by atoms with E-state index in [1.807, 2.05) is 0 Å². The molecule has 1 aliphatic rings. The fraction of sp³-hybridized carbons (Fsp3) is 0.125. The lowest BCUT2D eigenvalue weighted by molar-refractivity contribution is 0.454. The zero-order chi connectivity index (χ0) is 16.9. The molecule has 0 fully saturated rings. The van der Waals surface area contributed by atoms with Gasteiger partial charge < -0.3 is 16.2 Å². The molecule has 0 saturated carbocycles. The van der Waals surface area contributed by atoms with Crippen LogP contribution in [-0.2, 0) is 16.3 Å². The average molecular weight is 342 g/mol. The summed E-state index contributed by atoms with van der Waals surface area (Å²) in [5.74, 6) is -0.0316. The number of fused-ring (bicyclic) bond motifs is 3. The smallest absolute Gasteiger partial charge is 0.212 e. The maximum absolute atomic E-state index is 12.2. The molecular formula is C16H14N4O3S. The number of sulfone groups is 1. The molecule has 0 amide bonds. The van der Waals surface area contributed by atoms with Crippen molar-refractivity contribution in [3.05, 3.63) is 42.2 Å². The molecule has 0 radical (unpaired) electrons. The molecule has 2 aromatic heterocycles. The first-order valence-corrected chi connectivity index (χ1v) is 8.96. The molecule has 3 aromatic rings. The zero-order valence-electron chi connectivity index (χ0n) is 12.5. The van der Waals surface area contributed by atoms with E-state index in [2.05, 4.69) is 15.3 Å². The molecule has 1 aromatic carbocycles. The molecule has 0 bridgehead atoms. The van der Waals surface area contributed by atoms with E-state index < -0.39 is 9.84 Å². The van der Waals surface area contributed by atoms with E-state index in [1.165, 1.54) is 18.5 Å². The SMILES string of the molecule is Nc1cnc2ccc3c(c2c1Nc1ccnc(O)c1)CCS3(=O)=O. The number of aryl methyl sites for hydroxylation is 1. The number of anilines is 3. The number of hydrogen-bond donors (Lipinski definition) is 3. The Balaban J connectivity index is 1.98. The molecule has 4 N–H and O–H groups in total. The molecule has 0 saturated heterocycles. The van der Waals surface area contributed by atoms with Crippen LogP contribution in [0.2, 0.25) is 0 Å². The maximum atomic E-state index is 12.2. The van der Waals surface area contributed by atoms with Gasteiger partial charge in [0, 0.05) is 23.3 Å². The fourth-order valence-electron chi connectivity index (χ4n) is 3.01. The summed E-state index contributed by atoms with van der Waals surface area (Å²) >= 11 is 0. The lowest BCUT2D eigenvalue weighted by atomic mass is 10.0. The Morgan fingerprint density at radius 2 is 2.04 bits per heavy atom. The van der Waals surface area contributed by atoms with Gasteiger partial charge in [0.15, 0.2) is 9.84 Å². The lowest BCUT2D eigenvalue weighted by Gasteiger charge is -2.14. The van der Waals surface area contributed by atoms with Crippen LogP contribution in [0.15, 0.2) is 41.6 Å².